The van der Waals surface area contributed by atoms with Gasteiger partial charge in [-0.1, -0.05) is 43.1 Å². The number of methoxy groups -OCH3 is 3. The van der Waals surface area contributed by atoms with Gasteiger partial charge in [0.05, 0.1) is 43.5 Å². The number of amides is 1. The highest BCUT2D eigenvalue weighted by Gasteiger charge is 2.47. The Bertz CT molecular complexity index is 1060. The minimum absolute atomic E-state index is 0.0462. The lowest BCUT2D eigenvalue weighted by Crippen LogP contribution is -2.30. The second-order valence-electron chi connectivity index (χ2n) is 7.28. The summed E-state index contributed by atoms with van der Waals surface area (Å²) in [6.07, 6.45) is 1.54. The summed E-state index contributed by atoms with van der Waals surface area (Å²) in [5, 5.41) is 11.5. The van der Waals surface area contributed by atoms with Crippen LogP contribution in [0.25, 0.3) is 5.76 Å². The maximum absolute atomic E-state index is 13.1. The summed E-state index contributed by atoms with van der Waals surface area (Å²) >= 11 is 6.28. The average Bonchev–Trinajstić information content (AvgIpc) is 3.06. The van der Waals surface area contributed by atoms with E-state index in [-0.39, 0.29) is 27.7 Å². The van der Waals surface area contributed by atoms with Crippen LogP contribution in [0.5, 0.6) is 17.2 Å². The molecule has 1 unspecified atom stereocenters. The third kappa shape index (κ3) is 4.12. The van der Waals surface area contributed by atoms with Crippen molar-refractivity contribution in [2.45, 2.75) is 25.8 Å². The van der Waals surface area contributed by atoms with Crippen LogP contribution in [0.15, 0.2) is 42.0 Å². The van der Waals surface area contributed by atoms with E-state index >= 15 is 0 Å². The van der Waals surface area contributed by atoms with E-state index < -0.39 is 17.7 Å². The van der Waals surface area contributed by atoms with Crippen LogP contribution in [-0.4, -0.2) is 49.6 Å². The summed E-state index contributed by atoms with van der Waals surface area (Å²) in [6.45, 7) is 2.36. The van der Waals surface area contributed by atoms with Crippen LogP contribution in [0.1, 0.15) is 36.9 Å². The number of ketones is 1. The van der Waals surface area contributed by atoms with Crippen molar-refractivity contribution in [1.29, 1.82) is 0 Å². The van der Waals surface area contributed by atoms with E-state index in [9.17, 15) is 14.7 Å². The lowest BCUT2D eigenvalue weighted by Gasteiger charge is -2.26. The fraction of sp³-hybridized carbons (Fsp3) is 0.333. The Balaban J connectivity index is 2.28. The molecule has 0 bridgehead atoms. The summed E-state index contributed by atoms with van der Waals surface area (Å²) in [7, 11) is 4.40. The number of carbonyl (C=O) groups is 2. The van der Waals surface area contributed by atoms with Crippen molar-refractivity contribution in [1.82, 2.24) is 4.90 Å². The quantitative estimate of drug-likeness (QED) is 0.353. The summed E-state index contributed by atoms with van der Waals surface area (Å²) < 4.78 is 16.1. The van der Waals surface area contributed by atoms with Crippen molar-refractivity contribution in [3.63, 3.8) is 0 Å². The fourth-order valence-corrected chi connectivity index (χ4v) is 4.09. The van der Waals surface area contributed by atoms with Crippen LogP contribution >= 0.6 is 11.6 Å². The van der Waals surface area contributed by atoms with Crippen LogP contribution in [-0.2, 0) is 9.59 Å². The smallest absolute Gasteiger partial charge is 0.295 e. The zero-order valence-corrected chi connectivity index (χ0v) is 19.2. The maximum Gasteiger partial charge on any atom is 0.295 e. The molecule has 1 atom stereocenters. The van der Waals surface area contributed by atoms with Gasteiger partial charge in [-0.2, -0.15) is 0 Å². The van der Waals surface area contributed by atoms with E-state index in [1.165, 1.54) is 38.4 Å². The molecule has 3 rings (SSSR count). The molecule has 0 saturated carbocycles. The van der Waals surface area contributed by atoms with Gasteiger partial charge >= 0.3 is 0 Å². The number of para-hydroxylation sites is 1. The number of aliphatic hydroxyl groups is 1. The van der Waals surface area contributed by atoms with E-state index in [1.807, 2.05) is 6.92 Å². The Kier molecular flexibility index (Phi) is 7.30. The molecule has 0 radical (unpaired) electrons. The van der Waals surface area contributed by atoms with Gasteiger partial charge in [0.15, 0.2) is 0 Å². The summed E-state index contributed by atoms with van der Waals surface area (Å²) in [4.78, 5) is 27.6. The molecule has 0 aliphatic carbocycles. The standard InChI is InChI=1S/C24H26ClNO6/c1-5-6-11-26-21(14-9-7-8-10-17(14)30-2)20(23(28)24(26)29)22(27)15-12-16(25)19(32-4)13-18(15)31-3/h7-10,12-13,21,27H,5-6,11H2,1-4H3/b22-20+. The number of nitrogens with zero attached hydrogens (tertiary/aromatic N) is 1. The average molecular weight is 460 g/mol. The number of aliphatic hydroxyl groups excluding tert-OH is 1. The molecular formula is C24H26ClNO6. The molecule has 2 aromatic rings. The number of unbranched alkanes of at least 4 members (excludes halogenated alkanes) is 1. The van der Waals surface area contributed by atoms with Crippen molar-refractivity contribution in [2.75, 3.05) is 27.9 Å². The van der Waals surface area contributed by atoms with E-state index in [2.05, 4.69) is 0 Å². The number of carbonyl (C=O) groups excluding carboxylic acids is 2. The molecule has 1 amide bonds. The number of halogens is 1. The number of hydrogen-bond donors (Lipinski definition) is 1. The molecule has 1 fully saturated rings. The fourth-order valence-electron chi connectivity index (χ4n) is 3.84. The van der Waals surface area contributed by atoms with Gasteiger partial charge in [-0.05, 0) is 18.6 Å². The molecule has 2 aromatic carbocycles. The predicted molar refractivity (Wildman–Crippen MR) is 121 cm³/mol. The SMILES string of the molecule is CCCCN1C(=O)C(=O)/C(=C(/O)c2cc(Cl)c(OC)cc2OC)C1c1ccccc1OC. The van der Waals surface area contributed by atoms with Crippen molar-refractivity contribution < 1.29 is 28.9 Å². The Morgan fingerprint density at radius 2 is 1.69 bits per heavy atom. The lowest BCUT2D eigenvalue weighted by molar-refractivity contribution is -0.139. The monoisotopic (exact) mass is 459 g/mol. The van der Waals surface area contributed by atoms with Gasteiger partial charge in [0.2, 0.25) is 0 Å². The zero-order chi connectivity index (χ0) is 23.4. The van der Waals surface area contributed by atoms with Gasteiger partial charge in [0, 0.05) is 18.2 Å². The van der Waals surface area contributed by atoms with Crippen LogP contribution in [0, 0.1) is 0 Å². The first kappa shape index (κ1) is 23.5. The third-order valence-corrected chi connectivity index (χ3v) is 5.75. The Morgan fingerprint density at radius 3 is 2.31 bits per heavy atom. The highest BCUT2D eigenvalue weighted by atomic mass is 35.5. The van der Waals surface area contributed by atoms with Gasteiger partial charge in [-0.15, -0.1) is 0 Å². The lowest BCUT2D eigenvalue weighted by atomic mass is 9.94. The molecule has 1 heterocycles. The van der Waals surface area contributed by atoms with Crippen molar-refractivity contribution in [3.8, 4) is 17.2 Å². The third-order valence-electron chi connectivity index (χ3n) is 5.46. The molecule has 32 heavy (non-hydrogen) atoms. The van der Waals surface area contributed by atoms with Crippen molar-refractivity contribution in [2.24, 2.45) is 0 Å². The van der Waals surface area contributed by atoms with E-state index in [1.54, 1.807) is 24.3 Å². The maximum atomic E-state index is 13.1. The van der Waals surface area contributed by atoms with Gasteiger partial charge < -0.3 is 24.2 Å². The summed E-state index contributed by atoms with van der Waals surface area (Å²) in [6, 6.07) is 9.27. The van der Waals surface area contributed by atoms with Crippen LogP contribution in [0.3, 0.4) is 0 Å². The topological polar surface area (TPSA) is 85.3 Å². The first-order valence-corrected chi connectivity index (χ1v) is 10.6. The molecular weight excluding hydrogens is 434 g/mol. The number of rotatable bonds is 8. The number of hydrogen-bond acceptors (Lipinski definition) is 6. The minimum atomic E-state index is -0.816. The molecule has 0 aromatic heterocycles. The second kappa shape index (κ2) is 9.96. The minimum Gasteiger partial charge on any atom is -0.507 e. The van der Waals surface area contributed by atoms with E-state index in [4.69, 9.17) is 25.8 Å². The van der Waals surface area contributed by atoms with Gasteiger partial charge in [-0.3, -0.25) is 9.59 Å². The molecule has 7 nitrogen and oxygen atoms in total. The van der Waals surface area contributed by atoms with E-state index in [0.29, 0.717) is 30.0 Å². The molecule has 1 N–H and O–H groups in total. The largest absolute Gasteiger partial charge is 0.507 e. The highest BCUT2D eigenvalue weighted by molar-refractivity contribution is 6.46. The van der Waals surface area contributed by atoms with Gasteiger partial charge in [0.1, 0.15) is 23.0 Å². The van der Waals surface area contributed by atoms with Crippen molar-refractivity contribution >= 4 is 29.1 Å². The second-order valence-corrected chi connectivity index (χ2v) is 7.68. The molecule has 8 heteroatoms. The molecule has 1 saturated heterocycles. The first-order valence-electron chi connectivity index (χ1n) is 10.2. The Hall–Kier alpha value is -3.19. The normalized spacial score (nSPS) is 17.5. The summed E-state index contributed by atoms with van der Waals surface area (Å²) in [5.74, 6) is -0.712. The molecule has 0 spiro atoms. The van der Waals surface area contributed by atoms with Crippen LogP contribution < -0.4 is 14.2 Å². The number of likely N-dealkylation sites (tertiary alicyclic amines) is 1. The number of Topliss-reactive ketones (excluding diaryl/α,β-unsaturated/α-hetero) is 1. The predicted octanol–water partition coefficient (Wildman–Crippen LogP) is 4.59. The first-order chi connectivity index (χ1) is 15.4. The van der Waals surface area contributed by atoms with Crippen LogP contribution in [0.2, 0.25) is 5.02 Å². The van der Waals surface area contributed by atoms with Crippen molar-refractivity contribution in [3.05, 3.63) is 58.1 Å². The molecule has 1 aliphatic rings. The molecule has 170 valence electrons. The Morgan fingerprint density at radius 1 is 1.03 bits per heavy atom. The number of ether oxygens (including phenoxy) is 3. The van der Waals surface area contributed by atoms with Crippen LogP contribution in [0.4, 0.5) is 0 Å². The van der Waals surface area contributed by atoms with E-state index in [0.717, 1.165) is 6.42 Å². The van der Waals surface area contributed by atoms with Gasteiger partial charge in [0.25, 0.3) is 11.7 Å². The van der Waals surface area contributed by atoms with Gasteiger partial charge in [-0.25, -0.2) is 0 Å². The number of benzene rings is 2. The highest BCUT2D eigenvalue weighted by Crippen LogP contribution is 2.45. The Labute approximate surface area is 192 Å². The summed E-state index contributed by atoms with van der Waals surface area (Å²) in [5.41, 5.74) is 0.743. The zero-order valence-electron chi connectivity index (χ0n) is 18.5. The molecule has 1 aliphatic heterocycles.